The van der Waals surface area contributed by atoms with Gasteiger partial charge in [-0.15, -0.1) is 21.5 Å². The molecule has 158 valence electrons. The number of carbonyl (C=O) groups is 1. The fourth-order valence-corrected chi connectivity index (χ4v) is 6.63. The van der Waals surface area contributed by atoms with Crippen molar-refractivity contribution in [1.82, 2.24) is 25.1 Å². The summed E-state index contributed by atoms with van der Waals surface area (Å²) < 4.78 is 1.62. The molecular formula is C21H19N5O2S3. The lowest BCUT2D eigenvalue weighted by atomic mass is 10.2. The van der Waals surface area contributed by atoms with Crippen LogP contribution in [0.15, 0.2) is 40.3 Å². The Labute approximate surface area is 190 Å². The molecule has 10 heteroatoms. The Morgan fingerprint density at radius 3 is 2.87 bits per heavy atom. The average molecular weight is 470 g/mol. The number of hydrogen-bond donors (Lipinski definition) is 1. The van der Waals surface area contributed by atoms with Gasteiger partial charge in [-0.25, -0.2) is 4.98 Å². The number of thioether (sulfide) groups is 1. The Hall–Kier alpha value is -2.56. The monoisotopic (exact) mass is 469 g/mol. The van der Waals surface area contributed by atoms with Gasteiger partial charge in [0.1, 0.15) is 9.84 Å². The summed E-state index contributed by atoms with van der Waals surface area (Å²) in [5, 5.41) is 13.5. The highest BCUT2D eigenvalue weighted by molar-refractivity contribution is 7.98. The van der Waals surface area contributed by atoms with Gasteiger partial charge in [0.25, 0.3) is 11.5 Å². The minimum Gasteiger partial charge on any atom is -0.346 e. The molecule has 3 heterocycles. The minimum atomic E-state index is -0.238. The first-order valence-electron chi connectivity index (χ1n) is 9.88. The van der Waals surface area contributed by atoms with Crippen molar-refractivity contribution >= 4 is 50.6 Å². The second-order valence-corrected chi connectivity index (χ2v) is 10.3. The van der Waals surface area contributed by atoms with Gasteiger partial charge in [0, 0.05) is 18.5 Å². The molecule has 31 heavy (non-hydrogen) atoms. The number of rotatable bonds is 6. The van der Waals surface area contributed by atoms with Crippen LogP contribution in [0.25, 0.3) is 10.2 Å². The fraction of sp³-hybridized carbons (Fsp3) is 0.286. The fourth-order valence-electron chi connectivity index (χ4n) is 3.62. The lowest BCUT2D eigenvalue weighted by molar-refractivity contribution is 0.0950. The third-order valence-corrected chi connectivity index (χ3v) is 8.52. The molecule has 0 bridgehead atoms. The first kappa shape index (κ1) is 20.3. The predicted octanol–water partition coefficient (Wildman–Crippen LogP) is 3.56. The van der Waals surface area contributed by atoms with Gasteiger partial charge in [-0.3, -0.25) is 14.2 Å². The van der Waals surface area contributed by atoms with Crippen molar-refractivity contribution in [1.29, 1.82) is 0 Å². The summed E-state index contributed by atoms with van der Waals surface area (Å²) in [5.41, 5.74) is 2.24. The number of carbonyl (C=O) groups excluding carboxylic acids is 1. The maximum Gasteiger partial charge on any atom is 0.282 e. The molecule has 0 atom stereocenters. The molecule has 0 saturated carbocycles. The maximum absolute atomic E-state index is 12.9. The van der Waals surface area contributed by atoms with Gasteiger partial charge in [-0.1, -0.05) is 53.4 Å². The van der Waals surface area contributed by atoms with Crippen LogP contribution in [0.2, 0.25) is 0 Å². The van der Waals surface area contributed by atoms with Gasteiger partial charge in [0.05, 0.1) is 11.1 Å². The molecule has 5 rings (SSSR count). The van der Waals surface area contributed by atoms with Crippen LogP contribution in [0.5, 0.6) is 0 Å². The molecular weight excluding hydrogens is 450 g/mol. The highest BCUT2D eigenvalue weighted by Gasteiger charge is 2.22. The topological polar surface area (TPSA) is 89.8 Å². The summed E-state index contributed by atoms with van der Waals surface area (Å²) >= 11 is 4.34. The first-order chi connectivity index (χ1) is 15.1. The van der Waals surface area contributed by atoms with Gasteiger partial charge in [-0.05, 0) is 30.4 Å². The summed E-state index contributed by atoms with van der Waals surface area (Å²) in [5.74, 6) is 0.262. The van der Waals surface area contributed by atoms with Gasteiger partial charge < -0.3 is 5.32 Å². The number of amides is 1. The van der Waals surface area contributed by atoms with Crippen molar-refractivity contribution < 1.29 is 4.79 Å². The SMILES string of the molecule is Cn1c(SCc2nnc(C(=O)NCc3ccccc3)s2)nc2sc3c(c2c1=O)CCC3. The summed E-state index contributed by atoms with van der Waals surface area (Å²) in [4.78, 5) is 32.1. The molecule has 1 aliphatic carbocycles. The van der Waals surface area contributed by atoms with Crippen LogP contribution in [0.1, 0.15) is 37.2 Å². The van der Waals surface area contributed by atoms with Crippen LogP contribution in [-0.4, -0.2) is 25.7 Å². The van der Waals surface area contributed by atoms with E-state index in [4.69, 9.17) is 4.98 Å². The van der Waals surface area contributed by atoms with E-state index in [1.165, 1.54) is 33.5 Å². The summed E-state index contributed by atoms with van der Waals surface area (Å²) in [6, 6.07) is 9.72. The lowest BCUT2D eigenvalue weighted by Crippen LogP contribution is -2.22. The van der Waals surface area contributed by atoms with Gasteiger partial charge in [-0.2, -0.15) is 0 Å². The minimum absolute atomic E-state index is 0.0187. The number of nitrogens with zero attached hydrogens (tertiary/aromatic N) is 4. The van der Waals surface area contributed by atoms with E-state index in [2.05, 4.69) is 15.5 Å². The number of nitrogens with one attached hydrogen (secondary N) is 1. The van der Waals surface area contributed by atoms with Gasteiger partial charge in [0.2, 0.25) is 5.01 Å². The number of hydrogen-bond acceptors (Lipinski definition) is 8. The normalized spacial score (nSPS) is 12.9. The van der Waals surface area contributed by atoms with E-state index in [-0.39, 0.29) is 11.5 Å². The zero-order chi connectivity index (χ0) is 21.4. The van der Waals surface area contributed by atoms with E-state index in [1.807, 2.05) is 30.3 Å². The largest absolute Gasteiger partial charge is 0.346 e. The highest BCUT2D eigenvalue weighted by atomic mass is 32.2. The molecule has 0 unspecified atom stereocenters. The molecule has 1 aliphatic rings. The molecule has 4 aromatic rings. The summed E-state index contributed by atoms with van der Waals surface area (Å²) in [6.07, 6.45) is 3.13. The molecule has 0 saturated heterocycles. The molecule has 0 aliphatic heterocycles. The first-order valence-corrected chi connectivity index (χ1v) is 12.5. The Balaban J connectivity index is 1.27. The maximum atomic E-state index is 12.9. The van der Waals surface area contributed by atoms with E-state index in [9.17, 15) is 9.59 Å². The van der Waals surface area contributed by atoms with E-state index >= 15 is 0 Å². The van der Waals surface area contributed by atoms with Gasteiger partial charge in [0.15, 0.2) is 5.16 Å². The van der Waals surface area contributed by atoms with Gasteiger partial charge >= 0.3 is 0 Å². The molecule has 3 aromatic heterocycles. The van der Waals surface area contributed by atoms with Crippen LogP contribution < -0.4 is 10.9 Å². The average Bonchev–Trinajstić information content (AvgIpc) is 3.50. The zero-order valence-corrected chi connectivity index (χ0v) is 19.2. The number of aromatic nitrogens is 4. The lowest BCUT2D eigenvalue weighted by Gasteiger charge is -2.06. The number of fused-ring (bicyclic) bond motifs is 3. The van der Waals surface area contributed by atoms with Crippen molar-refractivity contribution in [3.05, 3.63) is 66.7 Å². The van der Waals surface area contributed by atoms with Crippen molar-refractivity contribution in [3.63, 3.8) is 0 Å². The second kappa shape index (κ2) is 8.52. The van der Waals surface area contributed by atoms with E-state index in [1.54, 1.807) is 23.0 Å². The van der Waals surface area contributed by atoms with Crippen LogP contribution in [0, 0.1) is 0 Å². The Morgan fingerprint density at radius 1 is 1.19 bits per heavy atom. The van der Waals surface area contributed by atoms with Crippen LogP contribution in [0.3, 0.4) is 0 Å². The molecule has 1 amide bonds. The quantitative estimate of drug-likeness (QED) is 0.343. The number of aryl methyl sites for hydroxylation is 2. The molecule has 0 spiro atoms. The smallest absolute Gasteiger partial charge is 0.282 e. The standard InChI is InChI=1S/C21H19N5O2S3/c1-26-20(28)16-13-8-5-9-14(13)30-18(16)23-21(26)29-11-15-24-25-19(31-15)17(27)22-10-12-6-3-2-4-7-12/h2-4,6-7H,5,8-11H2,1H3,(H,22,27). The van der Waals surface area contributed by atoms with E-state index < -0.39 is 0 Å². The Bertz CT molecular complexity index is 1330. The predicted molar refractivity (Wildman–Crippen MR) is 124 cm³/mol. The third kappa shape index (κ3) is 4.02. The third-order valence-electron chi connectivity index (χ3n) is 5.19. The second-order valence-electron chi connectivity index (χ2n) is 7.25. The molecule has 7 nitrogen and oxygen atoms in total. The van der Waals surface area contributed by atoms with Crippen molar-refractivity contribution in [3.8, 4) is 0 Å². The molecule has 0 radical (unpaired) electrons. The number of benzene rings is 1. The Kier molecular flexibility index (Phi) is 5.59. The molecule has 1 N–H and O–H groups in total. The number of thiophene rings is 1. The van der Waals surface area contributed by atoms with E-state index in [0.717, 1.165) is 40.1 Å². The molecule has 0 fully saturated rings. The zero-order valence-electron chi connectivity index (χ0n) is 16.8. The molecule has 1 aromatic carbocycles. The highest BCUT2D eigenvalue weighted by Crippen LogP contribution is 2.35. The Morgan fingerprint density at radius 2 is 2.03 bits per heavy atom. The van der Waals surface area contributed by atoms with Crippen molar-refractivity contribution in [2.24, 2.45) is 7.05 Å². The summed E-state index contributed by atoms with van der Waals surface area (Å²) in [7, 11) is 1.76. The van der Waals surface area contributed by atoms with Crippen molar-refractivity contribution in [2.75, 3.05) is 0 Å². The van der Waals surface area contributed by atoms with E-state index in [0.29, 0.717) is 22.5 Å². The van der Waals surface area contributed by atoms with Crippen LogP contribution in [-0.2, 0) is 32.2 Å². The summed E-state index contributed by atoms with van der Waals surface area (Å²) in [6.45, 7) is 0.445. The van der Waals surface area contributed by atoms with Crippen LogP contribution >= 0.6 is 34.4 Å². The van der Waals surface area contributed by atoms with Crippen LogP contribution in [0.4, 0.5) is 0 Å². The van der Waals surface area contributed by atoms with Crippen molar-refractivity contribution in [2.45, 2.75) is 36.7 Å².